The summed E-state index contributed by atoms with van der Waals surface area (Å²) in [6, 6.07) is 13.7. The van der Waals surface area contributed by atoms with Gasteiger partial charge >= 0.3 is 0 Å². The lowest BCUT2D eigenvalue weighted by Gasteiger charge is -2.09. The van der Waals surface area contributed by atoms with Gasteiger partial charge in [0, 0.05) is 26.3 Å². The Morgan fingerprint density at radius 3 is 2.62 bits per heavy atom. The van der Waals surface area contributed by atoms with Gasteiger partial charge in [0.1, 0.15) is 26.8 Å². The second-order valence-electron chi connectivity index (χ2n) is 8.01. The molecule has 0 aliphatic carbocycles. The zero-order chi connectivity index (χ0) is 26.3. The van der Waals surface area contributed by atoms with Gasteiger partial charge in [0.2, 0.25) is 0 Å². The van der Waals surface area contributed by atoms with Crippen LogP contribution in [-0.2, 0) is 0 Å². The number of aryl methyl sites for hydroxylation is 1. The first-order chi connectivity index (χ1) is 17.7. The van der Waals surface area contributed by atoms with Gasteiger partial charge in [0.25, 0.3) is 18.2 Å². The van der Waals surface area contributed by atoms with Crippen molar-refractivity contribution in [3.05, 3.63) is 69.7 Å². The molecule has 5 aromatic rings. The second-order valence-corrected chi connectivity index (χ2v) is 10.3. The molecule has 0 aliphatic heterocycles. The fourth-order valence-corrected chi connectivity index (χ4v) is 5.75. The molecule has 0 fully saturated rings. The number of pyridine rings is 1. The van der Waals surface area contributed by atoms with Crippen molar-refractivity contribution >= 4 is 50.4 Å². The van der Waals surface area contributed by atoms with E-state index in [0.717, 1.165) is 21.8 Å². The Morgan fingerprint density at radius 1 is 1.14 bits per heavy atom. The zero-order valence-electron chi connectivity index (χ0n) is 19.5. The summed E-state index contributed by atoms with van der Waals surface area (Å²) in [7, 11) is 1.55. The standard InChI is InChI=1S/C25H19F2N5O3S2/c1-11-6-7-18(36-11)14-9-16(22(26)27)29-25-19(14)20(21(37-25)23(28)33)30-24(34)17-10-15(31-32-17)12-4-3-5-13(8-12)35-2/h3-10,22H,1-2H3,(H2,28,33)(H,30,34)(H,31,32). The summed E-state index contributed by atoms with van der Waals surface area (Å²) in [5.74, 6) is -0.767. The van der Waals surface area contributed by atoms with Crippen molar-refractivity contribution in [2.45, 2.75) is 13.3 Å². The van der Waals surface area contributed by atoms with Crippen molar-refractivity contribution < 1.29 is 23.1 Å². The lowest BCUT2D eigenvalue weighted by molar-refractivity contribution is 0.100. The van der Waals surface area contributed by atoms with E-state index in [1.807, 2.05) is 19.1 Å². The number of anilines is 1. The Kier molecular flexibility index (Phi) is 6.44. The number of primary amides is 1. The third-order valence-electron chi connectivity index (χ3n) is 5.56. The predicted octanol–water partition coefficient (Wildman–Crippen LogP) is 6.02. The molecule has 0 atom stereocenters. The number of nitrogens with zero attached hydrogens (tertiary/aromatic N) is 2. The van der Waals surface area contributed by atoms with Crippen molar-refractivity contribution in [1.29, 1.82) is 0 Å². The summed E-state index contributed by atoms with van der Waals surface area (Å²) in [6.07, 6.45) is -2.82. The number of methoxy groups -OCH3 is 1. The molecule has 0 bridgehead atoms. The van der Waals surface area contributed by atoms with E-state index in [4.69, 9.17) is 10.5 Å². The predicted molar refractivity (Wildman–Crippen MR) is 140 cm³/mol. The van der Waals surface area contributed by atoms with Crippen LogP contribution >= 0.6 is 22.7 Å². The zero-order valence-corrected chi connectivity index (χ0v) is 21.1. The van der Waals surface area contributed by atoms with Gasteiger partial charge in [0.05, 0.1) is 18.5 Å². The van der Waals surface area contributed by atoms with Gasteiger partial charge < -0.3 is 15.8 Å². The number of amides is 2. The smallest absolute Gasteiger partial charge is 0.280 e. The fourth-order valence-electron chi connectivity index (χ4n) is 3.84. The molecule has 5 rings (SSSR count). The van der Waals surface area contributed by atoms with Crippen LogP contribution in [0.3, 0.4) is 0 Å². The number of hydrogen-bond donors (Lipinski definition) is 3. The van der Waals surface area contributed by atoms with Crippen LogP contribution in [0.25, 0.3) is 31.9 Å². The van der Waals surface area contributed by atoms with E-state index in [1.54, 1.807) is 37.4 Å². The van der Waals surface area contributed by atoms with Crippen molar-refractivity contribution in [2.75, 3.05) is 12.4 Å². The van der Waals surface area contributed by atoms with Crippen LogP contribution in [0, 0.1) is 6.92 Å². The molecule has 12 heteroatoms. The number of carbonyl (C=O) groups is 2. The highest BCUT2D eigenvalue weighted by molar-refractivity contribution is 7.21. The van der Waals surface area contributed by atoms with E-state index < -0.39 is 23.9 Å². The quantitative estimate of drug-likeness (QED) is 0.233. The average molecular weight is 540 g/mol. The molecular weight excluding hydrogens is 520 g/mol. The first kappa shape index (κ1) is 24.5. The largest absolute Gasteiger partial charge is 0.497 e. The average Bonchev–Trinajstić information content (AvgIpc) is 3.62. The molecule has 4 aromatic heterocycles. The minimum absolute atomic E-state index is 0.00401. The highest BCUT2D eigenvalue weighted by Gasteiger charge is 2.26. The minimum atomic E-state index is -2.82. The summed E-state index contributed by atoms with van der Waals surface area (Å²) < 4.78 is 32.5. The first-order valence-electron chi connectivity index (χ1n) is 10.9. The maximum Gasteiger partial charge on any atom is 0.280 e. The molecule has 37 heavy (non-hydrogen) atoms. The van der Waals surface area contributed by atoms with Crippen LogP contribution in [0.5, 0.6) is 5.75 Å². The Labute approximate surface area is 217 Å². The van der Waals surface area contributed by atoms with Crippen LogP contribution in [0.4, 0.5) is 14.5 Å². The van der Waals surface area contributed by atoms with Crippen molar-refractivity contribution in [1.82, 2.24) is 15.2 Å². The van der Waals surface area contributed by atoms with Crippen LogP contribution in [-0.4, -0.2) is 34.1 Å². The SMILES string of the molecule is COc1cccc(-c2cc(C(=O)Nc3c(C(N)=O)sc4nc(C(F)F)cc(-c5ccc(C)s5)c34)[nH]n2)c1. The Bertz CT molecular complexity index is 1660. The number of benzene rings is 1. The van der Waals surface area contributed by atoms with Gasteiger partial charge in [-0.2, -0.15) is 5.10 Å². The van der Waals surface area contributed by atoms with E-state index in [-0.39, 0.29) is 21.1 Å². The molecule has 1 aromatic carbocycles. The van der Waals surface area contributed by atoms with E-state index in [0.29, 0.717) is 27.3 Å². The molecule has 2 amide bonds. The van der Waals surface area contributed by atoms with Gasteiger partial charge in [-0.3, -0.25) is 14.7 Å². The topological polar surface area (TPSA) is 123 Å². The molecule has 0 saturated carbocycles. The number of ether oxygens (including phenoxy) is 1. The van der Waals surface area contributed by atoms with Crippen LogP contribution in [0.2, 0.25) is 0 Å². The maximum atomic E-state index is 13.6. The van der Waals surface area contributed by atoms with Crippen molar-refractivity contribution in [3.8, 4) is 27.4 Å². The van der Waals surface area contributed by atoms with E-state index >= 15 is 0 Å². The monoisotopic (exact) mass is 539 g/mol. The highest BCUT2D eigenvalue weighted by atomic mass is 32.1. The molecule has 8 nitrogen and oxygen atoms in total. The van der Waals surface area contributed by atoms with E-state index in [2.05, 4.69) is 20.5 Å². The third kappa shape index (κ3) is 4.68. The Morgan fingerprint density at radius 2 is 1.95 bits per heavy atom. The molecular formula is C25H19F2N5O3S2. The van der Waals surface area contributed by atoms with Crippen LogP contribution in [0.15, 0.2) is 48.5 Å². The Hall–Kier alpha value is -4.16. The van der Waals surface area contributed by atoms with Gasteiger partial charge in [-0.25, -0.2) is 13.8 Å². The third-order valence-corrected chi connectivity index (χ3v) is 7.69. The number of aromatic amines is 1. The van der Waals surface area contributed by atoms with E-state index in [9.17, 15) is 18.4 Å². The van der Waals surface area contributed by atoms with Gasteiger partial charge in [-0.05, 0) is 43.3 Å². The van der Waals surface area contributed by atoms with Gasteiger partial charge in [-0.15, -0.1) is 22.7 Å². The van der Waals surface area contributed by atoms with Crippen molar-refractivity contribution in [3.63, 3.8) is 0 Å². The van der Waals surface area contributed by atoms with Gasteiger partial charge in [0.15, 0.2) is 0 Å². The number of fused-ring (bicyclic) bond motifs is 1. The van der Waals surface area contributed by atoms with E-state index in [1.165, 1.54) is 17.4 Å². The number of H-pyrrole nitrogens is 1. The molecule has 4 N–H and O–H groups in total. The number of halogens is 2. The normalized spacial score (nSPS) is 11.3. The number of nitrogens with two attached hydrogens (primary N) is 1. The summed E-state index contributed by atoms with van der Waals surface area (Å²) in [4.78, 5) is 31.4. The lowest BCUT2D eigenvalue weighted by atomic mass is 10.1. The number of carbonyl (C=O) groups excluding carboxylic acids is 2. The highest BCUT2D eigenvalue weighted by Crippen LogP contribution is 2.44. The summed E-state index contributed by atoms with van der Waals surface area (Å²) >= 11 is 2.25. The summed E-state index contributed by atoms with van der Waals surface area (Å²) in [6.45, 7) is 1.89. The van der Waals surface area contributed by atoms with Gasteiger partial charge in [-0.1, -0.05) is 12.1 Å². The molecule has 188 valence electrons. The number of nitrogens with one attached hydrogen (secondary N) is 2. The minimum Gasteiger partial charge on any atom is -0.497 e. The number of alkyl halides is 2. The maximum absolute atomic E-state index is 13.6. The summed E-state index contributed by atoms with van der Waals surface area (Å²) in [5.41, 5.74) is 7.08. The van der Waals surface area contributed by atoms with Crippen LogP contribution < -0.4 is 15.8 Å². The summed E-state index contributed by atoms with van der Waals surface area (Å²) in [5, 5.41) is 10.0. The molecule has 4 heterocycles. The fraction of sp³-hybridized carbons (Fsp3) is 0.120. The number of hydrogen-bond acceptors (Lipinski definition) is 7. The molecule has 0 saturated heterocycles. The Balaban J connectivity index is 1.59. The first-order valence-corrected chi connectivity index (χ1v) is 12.5. The van der Waals surface area contributed by atoms with Crippen LogP contribution in [0.1, 0.15) is 37.2 Å². The van der Waals surface area contributed by atoms with Crippen molar-refractivity contribution in [2.24, 2.45) is 5.73 Å². The molecule has 0 aliphatic rings. The number of aromatic nitrogens is 3. The second kappa shape index (κ2) is 9.71. The molecule has 0 radical (unpaired) electrons. The molecule has 0 unspecified atom stereocenters. The number of rotatable bonds is 7. The number of thiophene rings is 2. The molecule has 0 spiro atoms. The lowest BCUT2D eigenvalue weighted by Crippen LogP contribution is -2.17.